The van der Waals surface area contributed by atoms with Crippen LogP contribution in [-0.2, 0) is 9.53 Å². The van der Waals surface area contributed by atoms with Gasteiger partial charge in [0.05, 0.1) is 6.61 Å². The van der Waals surface area contributed by atoms with E-state index in [1.165, 1.54) is 0 Å². The molecule has 0 heterocycles. The number of halogens is 1. The number of amides is 1. The van der Waals surface area contributed by atoms with Crippen molar-refractivity contribution in [2.45, 2.75) is 11.9 Å². The standard InChI is InChI=1S/C11H12BrNO3/c1-2-16-11(15)9(12)13-10(14)8-6-4-3-5-7-8/h3-7,9H,2H2,1H3,(H,13,14). The molecule has 86 valence electrons. The third-order valence-electron chi connectivity index (χ3n) is 1.79. The van der Waals surface area contributed by atoms with Crippen LogP contribution in [0, 0.1) is 0 Å². The van der Waals surface area contributed by atoms with Gasteiger partial charge in [0.15, 0.2) is 4.95 Å². The number of benzene rings is 1. The molecule has 1 amide bonds. The summed E-state index contributed by atoms with van der Waals surface area (Å²) in [4.78, 5) is 22.0. The van der Waals surface area contributed by atoms with Crippen LogP contribution in [0.5, 0.6) is 0 Å². The number of rotatable bonds is 4. The lowest BCUT2D eigenvalue weighted by molar-refractivity contribution is -0.142. The highest BCUT2D eigenvalue weighted by Crippen LogP contribution is 2.03. The van der Waals surface area contributed by atoms with Crippen molar-refractivity contribution in [2.24, 2.45) is 0 Å². The van der Waals surface area contributed by atoms with Gasteiger partial charge in [0, 0.05) is 5.56 Å². The smallest absolute Gasteiger partial charge is 0.339 e. The number of esters is 1. The van der Waals surface area contributed by atoms with Crippen molar-refractivity contribution in [1.82, 2.24) is 5.32 Å². The normalized spacial score (nSPS) is 11.6. The summed E-state index contributed by atoms with van der Waals surface area (Å²) in [5.74, 6) is -0.831. The maximum atomic E-state index is 11.6. The van der Waals surface area contributed by atoms with Crippen LogP contribution in [0.25, 0.3) is 0 Å². The third kappa shape index (κ3) is 3.66. The minimum Gasteiger partial charge on any atom is -0.464 e. The Hall–Kier alpha value is -1.36. The second kappa shape index (κ2) is 6.27. The first-order valence-corrected chi connectivity index (χ1v) is 5.73. The van der Waals surface area contributed by atoms with Gasteiger partial charge in [-0.05, 0) is 19.1 Å². The van der Waals surface area contributed by atoms with Crippen LogP contribution in [0.2, 0.25) is 0 Å². The maximum Gasteiger partial charge on any atom is 0.339 e. The van der Waals surface area contributed by atoms with Gasteiger partial charge in [-0.2, -0.15) is 0 Å². The summed E-state index contributed by atoms with van der Waals surface area (Å²) in [6.45, 7) is 1.98. The van der Waals surface area contributed by atoms with Crippen molar-refractivity contribution < 1.29 is 14.3 Å². The average molecular weight is 286 g/mol. The number of alkyl halides is 1. The summed E-state index contributed by atoms with van der Waals surface area (Å²) in [6, 6.07) is 8.65. The van der Waals surface area contributed by atoms with Gasteiger partial charge in [-0.15, -0.1) is 0 Å². The Morgan fingerprint density at radius 1 is 1.38 bits per heavy atom. The molecule has 16 heavy (non-hydrogen) atoms. The van der Waals surface area contributed by atoms with Gasteiger partial charge in [0.25, 0.3) is 5.91 Å². The molecule has 0 saturated heterocycles. The fraction of sp³-hybridized carbons (Fsp3) is 0.273. The summed E-state index contributed by atoms with van der Waals surface area (Å²) in [7, 11) is 0. The molecule has 1 unspecified atom stereocenters. The van der Waals surface area contributed by atoms with Crippen LogP contribution in [-0.4, -0.2) is 23.4 Å². The Morgan fingerprint density at radius 2 is 2.00 bits per heavy atom. The summed E-state index contributed by atoms with van der Waals surface area (Å²) in [6.07, 6.45) is 0. The van der Waals surface area contributed by atoms with Crippen LogP contribution in [0.4, 0.5) is 0 Å². The van der Waals surface area contributed by atoms with E-state index in [9.17, 15) is 9.59 Å². The number of carbonyl (C=O) groups is 2. The van der Waals surface area contributed by atoms with Crippen LogP contribution in [0.3, 0.4) is 0 Å². The minimum atomic E-state index is -0.819. The first-order valence-electron chi connectivity index (χ1n) is 4.81. The van der Waals surface area contributed by atoms with Crippen molar-refractivity contribution in [2.75, 3.05) is 6.61 Å². The molecule has 1 aromatic carbocycles. The molecule has 5 heteroatoms. The predicted molar refractivity (Wildman–Crippen MR) is 63.3 cm³/mol. The van der Waals surface area contributed by atoms with Crippen molar-refractivity contribution in [3.63, 3.8) is 0 Å². The molecule has 0 radical (unpaired) electrons. The molecule has 1 N–H and O–H groups in total. The van der Waals surface area contributed by atoms with Gasteiger partial charge in [-0.25, -0.2) is 4.79 Å². The van der Waals surface area contributed by atoms with Crippen LogP contribution >= 0.6 is 15.9 Å². The Labute approximate surface area is 102 Å². The highest BCUT2D eigenvalue weighted by molar-refractivity contribution is 9.10. The average Bonchev–Trinajstić information content (AvgIpc) is 2.30. The Balaban J connectivity index is 2.55. The van der Waals surface area contributed by atoms with E-state index in [1.54, 1.807) is 31.2 Å². The highest BCUT2D eigenvalue weighted by Gasteiger charge is 2.18. The molecular weight excluding hydrogens is 274 g/mol. The molecule has 0 saturated carbocycles. The molecular formula is C11H12BrNO3. The van der Waals surface area contributed by atoms with Crippen molar-refractivity contribution in [3.8, 4) is 0 Å². The molecule has 0 aliphatic heterocycles. The molecule has 0 fully saturated rings. The van der Waals surface area contributed by atoms with E-state index >= 15 is 0 Å². The quantitative estimate of drug-likeness (QED) is 0.520. The number of ether oxygens (including phenoxy) is 1. The van der Waals surface area contributed by atoms with E-state index in [0.717, 1.165) is 0 Å². The lowest BCUT2D eigenvalue weighted by Crippen LogP contribution is -2.37. The number of nitrogens with one attached hydrogen (secondary N) is 1. The maximum absolute atomic E-state index is 11.6. The zero-order valence-corrected chi connectivity index (χ0v) is 10.4. The summed E-state index contributed by atoms with van der Waals surface area (Å²) in [5, 5.41) is 2.48. The predicted octanol–water partition coefficient (Wildman–Crippen LogP) is 1.70. The van der Waals surface area contributed by atoms with Gasteiger partial charge in [-0.3, -0.25) is 4.79 Å². The first kappa shape index (κ1) is 12.7. The fourth-order valence-electron chi connectivity index (χ4n) is 1.06. The molecule has 1 rings (SSSR count). The Morgan fingerprint density at radius 3 is 2.56 bits per heavy atom. The fourth-order valence-corrected chi connectivity index (χ4v) is 1.40. The van der Waals surface area contributed by atoms with Gasteiger partial charge in [-0.1, -0.05) is 34.1 Å². The summed E-state index contributed by atoms with van der Waals surface area (Å²) in [5.41, 5.74) is 0.497. The van der Waals surface area contributed by atoms with Gasteiger partial charge < -0.3 is 10.1 Å². The largest absolute Gasteiger partial charge is 0.464 e. The topological polar surface area (TPSA) is 55.4 Å². The number of hydrogen-bond donors (Lipinski definition) is 1. The molecule has 0 aliphatic carbocycles. The lowest BCUT2D eigenvalue weighted by Gasteiger charge is -2.10. The molecule has 0 aromatic heterocycles. The molecule has 1 atom stereocenters. The van der Waals surface area contributed by atoms with E-state index in [1.807, 2.05) is 6.07 Å². The van der Waals surface area contributed by atoms with E-state index in [2.05, 4.69) is 21.2 Å². The van der Waals surface area contributed by atoms with E-state index in [0.29, 0.717) is 5.56 Å². The van der Waals surface area contributed by atoms with Crippen molar-refractivity contribution in [1.29, 1.82) is 0 Å². The molecule has 0 bridgehead atoms. The Bertz CT molecular complexity index is 367. The Kier molecular flexibility index (Phi) is 4.98. The summed E-state index contributed by atoms with van der Waals surface area (Å²) >= 11 is 3.04. The minimum absolute atomic E-state index is 0.280. The molecule has 4 nitrogen and oxygen atoms in total. The number of hydrogen-bond acceptors (Lipinski definition) is 3. The van der Waals surface area contributed by atoms with Crippen LogP contribution in [0.1, 0.15) is 17.3 Å². The molecule has 0 spiro atoms. The van der Waals surface area contributed by atoms with Crippen molar-refractivity contribution >= 4 is 27.8 Å². The van der Waals surface area contributed by atoms with Gasteiger partial charge >= 0.3 is 5.97 Å². The van der Waals surface area contributed by atoms with E-state index in [4.69, 9.17) is 4.74 Å². The zero-order chi connectivity index (χ0) is 12.0. The van der Waals surface area contributed by atoms with Gasteiger partial charge in [0.1, 0.15) is 0 Å². The third-order valence-corrected chi connectivity index (χ3v) is 2.39. The van der Waals surface area contributed by atoms with Crippen molar-refractivity contribution in [3.05, 3.63) is 35.9 Å². The number of carbonyl (C=O) groups excluding carboxylic acids is 2. The monoisotopic (exact) mass is 285 g/mol. The first-order chi connectivity index (χ1) is 7.65. The molecule has 0 aliphatic rings. The highest BCUT2D eigenvalue weighted by atomic mass is 79.9. The zero-order valence-electron chi connectivity index (χ0n) is 8.77. The van der Waals surface area contributed by atoms with E-state index in [-0.39, 0.29) is 12.5 Å². The SMILES string of the molecule is CCOC(=O)C(Br)NC(=O)c1ccccc1. The van der Waals surface area contributed by atoms with Gasteiger partial charge in [0.2, 0.25) is 0 Å². The van der Waals surface area contributed by atoms with Crippen LogP contribution in [0.15, 0.2) is 30.3 Å². The molecule has 1 aromatic rings. The van der Waals surface area contributed by atoms with Crippen LogP contribution < -0.4 is 5.32 Å². The second-order valence-electron chi connectivity index (χ2n) is 2.95. The second-order valence-corrected chi connectivity index (χ2v) is 3.87. The van der Waals surface area contributed by atoms with E-state index < -0.39 is 10.9 Å². The summed E-state index contributed by atoms with van der Waals surface area (Å²) < 4.78 is 4.74. The lowest BCUT2D eigenvalue weighted by atomic mass is 10.2.